The van der Waals surface area contributed by atoms with E-state index in [2.05, 4.69) is 39.8 Å². The maximum absolute atomic E-state index is 13.5. The molecule has 2 N–H and O–H groups in total. The lowest BCUT2D eigenvalue weighted by atomic mass is 9.73. The highest BCUT2D eigenvalue weighted by atomic mass is 16.6. The van der Waals surface area contributed by atoms with Crippen LogP contribution in [0.4, 0.5) is 15.3 Å². The molecule has 1 unspecified atom stereocenters. The van der Waals surface area contributed by atoms with Crippen LogP contribution in [-0.2, 0) is 10.2 Å². The highest BCUT2D eigenvalue weighted by Gasteiger charge is 2.48. The van der Waals surface area contributed by atoms with E-state index in [0.29, 0.717) is 12.1 Å². The number of anilines is 1. The molecule has 1 aromatic carbocycles. The van der Waals surface area contributed by atoms with Gasteiger partial charge in [0.1, 0.15) is 6.10 Å². The molecule has 0 radical (unpaired) electrons. The average molecular weight is 537 g/mol. The first-order chi connectivity index (χ1) is 19.1. The molecule has 214 valence electrons. The minimum atomic E-state index is -0.211. The number of carbonyl (C=O) groups is 2. The number of likely N-dealkylation sites (tertiary alicyclic amines) is 1. The van der Waals surface area contributed by atoms with Crippen molar-refractivity contribution < 1.29 is 14.3 Å². The number of piperidine rings is 1. The Morgan fingerprint density at radius 1 is 0.769 bits per heavy atom. The molecule has 3 saturated carbocycles. The molecule has 1 spiro atoms. The first-order valence-electron chi connectivity index (χ1n) is 16.0. The summed E-state index contributed by atoms with van der Waals surface area (Å²) >= 11 is 0. The topological polar surface area (TPSA) is 73.9 Å². The summed E-state index contributed by atoms with van der Waals surface area (Å²) in [6.45, 7) is 2.75. The molecule has 3 amide bonds. The fourth-order valence-corrected chi connectivity index (χ4v) is 8.24. The van der Waals surface area contributed by atoms with E-state index in [1.54, 1.807) is 0 Å². The Hall–Kier alpha value is -2.28. The third-order valence-corrected chi connectivity index (χ3v) is 10.5. The predicted molar refractivity (Wildman–Crippen MR) is 154 cm³/mol. The number of benzene rings is 1. The molecule has 1 saturated heterocycles. The summed E-state index contributed by atoms with van der Waals surface area (Å²) in [6.07, 6.45) is 18.0. The van der Waals surface area contributed by atoms with Crippen molar-refractivity contribution in [2.24, 2.45) is 0 Å². The van der Waals surface area contributed by atoms with Gasteiger partial charge in [0.2, 0.25) is 0 Å². The summed E-state index contributed by atoms with van der Waals surface area (Å²) < 4.78 is 6.10. The van der Waals surface area contributed by atoms with E-state index in [4.69, 9.17) is 4.74 Å². The smallest absolute Gasteiger partial charge is 0.407 e. The molecular weight excluding hydrogens is 488 g/mol. The number of nitrogens with one attached hydrogen (secondary N) is 2. The van der Waals surface area contributed by atoms with Crippen LogP contribution < -0.4 is 15.5 Å². The van der Waals surface area contributed by atoms with Crippen LogP contribution in [0.5, 0.6) is 0 Å². The Balaban J connectivity index is 1.09. The largest absolute Gasteiger partial charge is 0.445 e. The van der Waals surface area contributed by atoms with Crippen LogP contribution >= 0.6 is 0 Å². The van der Waals surface area contributed by atoms with Crippen molar-refractivity contribution in [3.05, 3.63) is 29.8 Å². The molecule has 0 aromatic heterocycles. The highest BCUT2D eigenvalue weighted by molar-refractivity contribution is 5.95. The third kappa shape index (κ3) is 5.94. The molecule has 6 rings (SSSR count). The normalized spacial score (nSPS) is 28.2. The van der Waals surface area contributed by atoms with Gasteiger partial charge in [-0.05, 0) is 82.5 Å². The summed E-state index contributed by atoms with van der Waals surface area (Å²) in [5, 5.41) is 6.52. The zero-order chi connectivity index (χ0) is 26.7. The SMILES string of the molecule is O=C(NC1CCCCC1)O[C@H]1CCCCC1N1CCC2(CC1)CN(C(=O)NC1CCCCC1)c1ccccc12. The maximum atomic E-state index is 13.5. The summed E-state index contributed by atoms with van der Waals surface area (Å²) in [7, 11) is 0. The zero-order valence-corrected chi connectivity index (χ0v) is 23.7. The highest BCUT2D eigenvalue weighted by Crippen LogP contribution is 2.47. The number of hydrogen-bond acceptors (Lipinski definition) is 4. The number of amides is 3. The molecule has 7 nitrogen and oxygen atoms in total. The molecule has 4 fully saturated rings. The van der Waals surface area contributed by atoms with E-state index < -0.39 is 0 Å². The summed E-state index contributed by atoms with van der Waals surface area (Å²) in [6, 6.07) is 9.56. The van der Waals surface area contributed by atoms with Crippen LogP contribution in [-0.4, -0.2) is 60.9 Å². The van der Waals surface area contributed by atoms with Gasteiger partial charge in [-0.1, -0.05) is 63.1 Å². The molecule has 2 heterocycles. The zero-order valence-electron chi connectivity index (χ0n) is 23.7. The fourth-order valence-electron chi connectivity index (χ4n) is 8.24. The molecule has 2 aliphatic heterocycles. The lowest BCUT2D eigenvalue weighted by Gasteiger charge is -2.46. The minimum absolute atomic E-state index is 0.0143. The van der Waals surface area contributed by atoms with Crippen molar-refractivity contribution >= 4 is 17.8 Å². The van der Waals surface area contributed by atoms with E-state index in [1.807, 2.05) is 4.90 Å². The quantitative estimate of drug-likeness (QED) is 0.477. The average Bonchev–Trinajstić information content (AvgIpc) is 3.29. The number of nitrogens with zero attached hydrogens (tertiary/aromatic N) is 2. The van der Waals surface area contributed by atoms with Gasteiger partial charge in [-0.25, -0.2) is 9.59 Å². The van der Waals surface area contributed by atoms with Crippen molar-refractivity contribution in [2.45, 2.75) is 132 Å². The number of para-hydroxylation sites is 1. The minimum Gasteiger partial charge on any atom is -0.445 e. The van der Waals surface area contributed by atoms with Gasteiger partial charge in [0.05, 0.1) is 0 Å². The predicted octanol–water partition coefficient (Wildman–Crippen LogP) is 6.25. The van der Waals surface area contributed by atoms with Gasteiger partial charge in [0.25, 0.3) is 0 Å². The number of urea groups is 1. The molecule has 5 aliphatic rings. The maximum Gasteiger partial charge on any atom is 0.407 e. The fraction of sp³-hybridized carbons (Fsp3) is 0.750. The second-order valence-corrected chi connectivity index (χ2v) is 13.0. The van der Waals surface area contributed by atoms with Gasteiger partial charge < -0.3 is 15.4 Å². The molecule has 1 aromatic rings. The van der Waals surface area contributed by atoms with Gasteiger partial charge >= 0.3 is 12.1 Å². The number of hydrogen-bond donors (Lipinski definition) is 2. The Bertz CT molecular complexity index is 995. The third-order valence-electron chi connectivity index (χ3n) is 10.5. The van der Waals surface area contributed by atoms with Crippen LogP contribution in [0.1, 0.15) is 108 Å². The van der Waals surface area contributed by atoms with Crippen LogP contribution in [0.3, 0.4) is 0 Å². The molecule has 39 heavy (non-hydrogen) atoms. The Labute approximate surface area is 234 Å². The molecule has 3 aliphatic carbocycles. The Morgan fingerprint density at radius 2 is 1.38 bits per heavy atom. The summed E-state index contributed by atoms with van der Waals surface area (Å²) in [4.78, 5) is 30.9. The van der Waals surface area contributed by atoms with E-state index in [-0.39, 0.29) is 29.7 Å². The van der Waals surface area contributed by atoms with Crippen molar-refractivity contribution in [3.63, 3.8) is 0 Å². The van der Waals surface area contributed by atoms with Crippen molar-refractivity contribution in [3.8, 4) is 0 Å². The van der Waals surface area contributed by atoms with Crippen LogP contribution in [0.25, 0.3) is 0 Å². The number of alkyl carbamates (subject to hydrolysis) is 1. The van der Waals surface area contributed by atoms with Crippen LogP contribution in [0.2, 0.25) is 0 Å². The lowest BCUT2D eigenvalue weighted by molar-refractivity contribution is -0.0121. The molecular formula is C32H48N4O3. The van der Waals surface area contributed by atoms with Crippen molar-refractivity contribution in [2.75, 3.05) is 24.5 Å². The van der Waals surface area contributed by atoms with Gasteiger partial charge in [-0.3, -0.25) is 9.80 Å². The van der Waals surface area contributed by atoms with E-state index in [9.17, 15) is 9.59 Å². The number of fused-ring (bicyclic) bond motifs is 2. The summed E-state index contributed by atoms with van der Waals surface area (Å²) in [5.74, 6) is 0. The van der Waals surface area contributed by atoms with Gasteiger partial charge in [-0.2, -0.15) is 0 Å². The first-order valence-corrected chi connectivity index (χ1v) is 16.0. The second-order valence-electron chi connectivity index (χ2n) is 13.0. The summed E-state index contributed by atoms with van der Waals surface area (Å²) in [5.41, 5.74) is 2.45. The monoisotopic (exact) mass is 536 g/mol. The first kappa shape index (κ1) is 26.9. The lowest BCUT2D eigenvalue weighted by Crippen LogP contribution is -2.55. The van der Waals surface area contributed by atoms with E-state index in [1.165, 1.54) is 50.5 Å². The molecule has 0 bridgehead atoms. The van der Waals surface area contributed by atoms with Crippen LogP contribution in [0, 0.1) is 0 Å². The standard InChI is InChI=1S/C32H48N4O3/c37-30(33-24-11-3-1-4-12-24)36-23-32(26-15-7-8-16-27(26)36)19-21-35(22-20-32)28-17-9-10-18-29(28)39-31(38)34-25-13-5-2-6-14-25/h7-8,15-16,24-25,28-29H,1-6,9-14,17-23H2,(H,33,37)(H,34,38)/t28?,29-/m0/s1. The second kappa shape index (κ2) is 12.1. The van der Waals surface area contributed by atoms with E-state index in [0.717, 1.165) is 83.1 Å². The van der Waals surface area contributed by atoms with Crippen LogP contribution in [0.15, 0.2) is 24.3 Å². The van der Waals surface area contributed by atoms with Gasteiger partial charge in [-0.15, -0.1) is 0 Å². The van der Waals surface area contributed by atoms with Crippen molar-refractivity contribution in [1.29, 1.82) is 0 Å². The van der Waals surface area contributed by atoms with Gasteiger partial charge in [0.15, 0.2) is 0 Å². The van der Waals surface area contributed by atoms with Crippen molar-refractivity contribution in [1.82, 2.24) is 15.5 Å². The Kier molecular flexibility index (Phi) is 8.33. The molecule has 7 heteroatoms. The van der Waals surface area contributed by atoms with Gasteiger partial charge in [0, 0.05) is 35.8 Å². The number of rotatable bonds is 4. The van der Waals surface area contributed by atoms with E-state index >= 15 is 0 Å². The Morgan fingerprint density at radius 3 is 2.10 bits per heavy atom. The molecule has 2 atom stereocenters. The number of carbonyl (C=O) groups excluding carboxylic acids is 2. The number of ether oxygens (including phenoxy) is 1.